The number of benzene rings is 3. The van der Waals surface area contributed by atoms with Crippen LogP contribution in [0.3, 0.4) is 0 Å². The molecule has 4 fully saturated rings. The lowest BCUT2D eigenvalue weighted by Crippen LogP contribution is -2.38. The Morgan fingerprint density at radius 1 is 0.465 bits per heavy atom. The number of aromatic nitrogens is 7. The molecule has 4 aliphatic rings. The number of rotatable bonds is 11. The number of piperidine rings is 2. The Balaban J connectivity index is 0.809. The van der Waals surface area contributed by atoms with Gasteiger partial charge in [0.15, 0.2) is 11.6 Å². The molecule has 4 saturated heterocycles. The summed E-state index contributed by atoms with van der Waals surface area (Å²) in [4.78, 5) is 88.4. The molecule has 0 atom stereocenters. The third-order valence-corrected chi connectivity index (χ3v) is 12.5. The lowest BCUT2D eigenvalue weighted by molar-refractivity contribution is 0.0490. The van der Waals surface area contributed by atoms with Gasteiger partial charge >= 0.3 is 18.0 Å². The summed E-state index contributed by atoms with van der Waals surface area (Å²) in [5, 5.41) is 9.32. The highest BCUT2D eigenvalue weighted by Crippen LogP contribution is 2.29. The number of hydrogen-bond donors (Lipinski definition) is 3. The summed E-state index contributed by atoms with van der Waals surface area (Å²) >= 11 is 0. The number of amides is 4. The fourth-order valence-corrected chi connectivity index (χ4v) is 8.63. The molecular formula is C50H55N15O6. The Kier molecular flexibility index (Phi) is 14.6. The van der Waals surface area contributed by atoms with E-state index in [1.807, 2.05) is 12.1 Å². The van der Waals surface area contributed by atoms with Crippen molar-refractivity contribution in [3.63, 3.8) is 0 Å². The van der Waals surface area contributed by atoms with Gasteiger partial charge in [-0.2, -0.15) is 29.9 Å². The van der Waals surface area contributed by atoms with Crippen LogP contribution in [0.5, 0.6) is 0 Å². The molecule has 10 rings (SSSR count). The number of nitrogens with zero attached hydrogens (tertiary/aromatic N) is 12. The molecule has 0 radical (unpaired) electrons. The monoisotopic (exact) mass is 961 g/mol. The van der Waals surface area contributed by atoms with Crippen LogP contribution in [0.2, 0.25) is 0 Å². The average molecular weight is 962 g/mol. The van der Waals surface area contributed by atoms with E-state index in [1.165, 1.54) is 37.4 Å². The number of hydrogen-bond acceptors (Lipinski definition) is 17. The minimum absolute atomic E-state index is 0.134. The smallest absolute Gasteiger partial charge is 0.363 e. The molecule has 71 heavy (non-hydrogen) atoms. The summed E-state index contributed by atoms with van der Waals surface area (Å²) in [6.07, 6.45) is 9.76. The zero-order valence-electron chi connectivity index (χ0n) is 39.3. The molecule has 3 aromatic heterocycles. The first-order valence-corrected chi connectivity index (χ1v) is 24.2. The predicted octanol–water partition coefficient (Wildman–Crippen LogP) is 6.89. The highest BCUT2D eigenvalue weighted by molar-refractivity contribution is 6.03. The van der Waals surface area contributed by atoms with Crippen LogP contribution in [0, 0.1) is 0 Å². The Morgan fingerprint density at radius 3 is 1.34 bits per heavy atom. The summed E-state index contributed by atoms with van der Waals surface area (Å²) in [5.41, 5.74) is 3.30. The average Bonchev–Trinajstić information content (AvgIpc) is 3.43. The summed E-state index contributed by atoms with van der Waals surface area (Å²) in [6, 6.07) is 22.4. The number of carbonyl (C=O) groups is 3. The van der Waals surface area contributed by atoms with Crippen molar-refractivity contribution in [2.75, 3.05) is 119 Å². The molecule has 4 amide bonds. The lowest BCUT2D eigenvalue weighted by Gasteiger charge is -2.30. The standard InChI is InChI=1S/C50H55N15O6/c66-44(37-9-15-39(16-10-37)53-49(67)52-38-13-7-35(8-14-38)42-55-45(61-23-3-1-4-24-61)59-47(57-42)63-27-31-69-32-28-63)71-65(50(68)54-40-19-21-51-22-20-40)41-17-11-36(12-18-41)43-56-46(62-25-5-2-6-26-62)60-48(58-43)64-29-33-70-34-30-64/h7-22H,1-6,23-34H2,(H,51,54,68)(H2,52,53,67). The first kappa shape index (κ1) is 46.7. The second-order valence-corrected chi connectivity index (χ2v) is 17.4. The maximum atomic E-state index is 13.8. The first-order valence-electron chi connectivity index (χ1n) is 24.2. The van der Waals surface area contributed by atoms with Gasteiger partial charge in [0.25, 0.3) is 0 Å². The fourth-order valence-electron chi connectivity index (χ4n) is 8.63. The summed E-state index contributed by atoms with van der Waals surface area (Å²) in [7, 11) is 0. The van der Waals surface area contributed by atoms with Crippen LogP contribution in [-0.4, -0.2) is 132 Å². The molecule has 3 aromatic carbocycles. The van der Waals surface area contributed by atoms with Gasteiger partial charge in [0, 0.05) is 92.9 Å². The number of hydroxylamine groups is 1. The molecule has 21 nitrogen and oxygen atoms in total. The SMILES string of the molecule is O=C(Nc1ccc(C(=O)ON(C(=O)Nc2ccncc2)c2ccc(-c3nc(N4CCCCC4)nc(N4CCOCC4)n3)cc2)cc1)Nc1ccc(-c2nc(N3CCCCC3)nc(N3CCOCC3)n2)cc1. The normalized spacial score (nSPS) is 16.2. The quantitative estimate of drug-likeness (QED) is 0.112. The number of ether oxygens (including phenoxy) is 2. The topological polar surface area (TPSA) is 221 Å². The van der Waals surface area contributed by atoms with E-state index in [1.54, 1.807) is 60.7 Å². The van der Waals surface area contributed by atoms with E-state index in [0.717, 1.165) is 62.5 Å². The van der Waals surface area contributed by atoms with Crippen LogP contribution in [0.4, 0.5) is 56.1 Å². The van der Waals surface area contributed by atoms with Gasteiger partial charge in [-0.15, -0.1) is 5.06 Å². The largest absolute Gasteiger partial charge is 0.378 e. The number of nitrogens with one attached hydrogen (secondary N) is 3. The molecule has 0 aliphatic carbocycles. The number of pyridine rings is 1. The number of morpholine rings is 2. The van der Waals surface area contributed by atoms with Gasteiger partial charge in [-0.3, -0.25) is 4.98 Å². The molecular weight excluding hydrogens is 907 g/mol. The molecule has 0 unspecified atom stereocenters. The zero-order chi connectivity index (χ0) is 48.4. The van der Waals surface area contributed by atoms with Crippen molar-refractivity contribution in [1.82, 2.24) is 34.9 Å². The van der Waals surface area contributed by atoms with Crippen LogP contribution >= 0.6 is 0 Å². The maximum Gasteiger partial charge on any atom is 0.363 e. The number of urea groups is 2. The van der Waals surface area contributed by atoms with E-state index < -0.39 is 18.0 Å². The number of anilines is 8. The van der Waals surface area contributed by atoms with E-state index >= 15 is 0 Å². The first-order chi connectivity index (χ1) is 34.9. The van der Waals surface area contributed by atoms with Gasteiger partial charge in [0.05, 0.1) is 37.7 Å². The van der Waals surface area contributed by atoms with Crippen LogP contribution in [0.1, 0.15) is 48.9 Å². The van der Waals surface area contributed by atoms with Crippen molar-refractivity contribution in [3.8, 4) is 22.8 Å². The minimum Gasteiger partial charge on any atom is -0.378 e. The van der Waals surface area contributed by atoms with Crippen molar-refractivity contribution in [2.45, 2.75) is 38.5 Å². The molecule has 7 heterocycles. The van der Waals surface area contributed by atoms with Crippen LogP contribution < -0.4 is 40.6 Å². The van der Waals surface area contributed by atoms with Crippen LogP contribution in [-0.2, 0) is 14.3 Å². The highest BCUT2D eigenvalue weighted by Gasteiger charge is 2.26. The summed E-state index contributed by atoms with van der Waals surface area (Å²) in [5.74, 6) is 2.73. The zero-order valence-corrected chi connectivity index (χ0v) is 39.3. The van der Waals surface area contributed by atoms with Gasteiger partial charge < -0.3 is 49.9 Å². The molecule has 3 N–H and O–H groups in total. The lowest BCUT2D eigenvalue weighted by atomic mass is 10.1. The number of carbonyl (C=O) groups excluding carboxylic acids is 3. The van der Waals surface area contributed by atoms with E-state index in [-0.39, 0.29) is 11.3 Å². The van der Waals surface area contributed by atoms with Gasteiger partial charge in [0.1, 0.15) is 0 Å². The summed E-state index contributed by atoms with van der Waals surface area (Å²) in [6.45, 7) is 8.68. The van der Waals surface area contributed by atoms with Crippen molar-refractivity contribution < 1.29 is 28.7 Å². The minimum atomic E-state index is -0.813. The van der Waals surface area contributed by atoms with E-state index in [9.17, 15) is 14.4 Å². The molecule has 0 bridgehead atoms. The van der Waals surface area contributed by atoms with E-state index in [2.05, 4.69) is 40.5 Å². The van der Waals surface area contributed by atoms with Gasteiger partial charge in [0.2, 0.25) is 23.8 Å². The molecule has 6 aromatic rings. The maximum absolute atomic E-state index is 13.8. The van der Waals surface area contributed by atoms with E-state index in [4.69, 9.17) is 44.2 Å². The van der Waals surface area contributed by atoms with Gasteiger partial charge in [-0.1, -0.05) is 0 Å². The molecule has 0 spiro atoms. The Labute approximate surface area is 410 Å². The third kappa shape index (κ3) is 11.7. The molecule has 21 heteroatoms. The van der Waals surface area contributed by atoms with Crippen molar-refractivity contribution >= 4 is 64.6 Å². The Morgan fingerprint density at radius 2 is 0.873 bits per heavy atom. The van der Waals surface area contributed by atoms with Gasteiger partial charge in [-0.05, 0) is 123 Å². The molecule has 4 aliphatic heterocycles. The molecule has 366 valence electrons. The van der Waals surface area contributed by atoms with Crippen LogP contribution in [0.25, 0.3) is 22.8 Å². The summed E-state index contributed by atoms with van der Waals surface area (Å²) < 4.78 is 11.1. The second kappa shape index (κ2) is 22.1. The van der Waals surface area contributed by atoms with E-state index in [0.29, 0.717) is 111 Å². The second-order valence-electron chi connectivity index (χ2n) is 17.4. The van der Waals surface area contributed by atoms with Crippen molar-refractivity contribution in [3.05, 3.63) is 103 Å². The van der Waals surface area contributed by atoms with Gasteiger partial charge in [-0.25, -0.2) is 14.4 Å². The fraction of sp³-hybridized carbons (Fsp3) is 0.360. The third-order valence-electron chi connectivity index (χ3n) is 12.5. The van der Waals surface area contributed by atoms with Crippen molar-refractivity contribution in [2.24, 2.45) is 0 Å². The predicted molar refractivity (Wildman–Crippen MR) is 269 cm³/mol. The highest BCUT2D eigenvalue weighted by atomic mass is 16.7. The molecule has 0 saturated carbocycles. The van der Waals surface area contributed by atoms with Crippen LogP contribution in [0.15, 0.2) is 97.3 Å². The Bertz CT molecular complexity index is 2690. The Hall–Kier alpha value is -8.04. The van der Waals surface area contributed by atoms with Crippen molar-refractivity contribution in [1.29, 1.82) is 0 Å².